The predicted octanol–water partition coefficient (Wildman–Crippen LogP) is 1.51. The summed E-state index contributed by atoms with van der Waals surface area (Å²) in [6.45, 7) is 0.554. The number of nitrogens with one attached hydrogen (secondary N) is 2. The molecule has 0 saturated heterocycles. The third-order valence-electron chi connectivity index (χ3n) is 2.28. The molecule has 2 rings (SSSR count). The van der Waals surface area contributed by atoms with Crippen LogP contribution in [-0.4, -0.2) is 15.1 Å². The molecule has 1 heterocycles. The van der Waals surface area contributed by atoms with Crippen LogP contribution in [0.5, 0.6) is 0 Å². The summed E-state index contributed by atoms with van der Waals surface area (Å²) < 4.78 is 0. The van der Waals surface area contributed by atoms with Crippen molar-refractivity contribution >= 4 is 17.1 Å². The Kier molecular flexibility index (Phi) is 2.91. The summed E-state index contributed by atoms with van der Waals surface area (Å²) in [5.74, 6) is 0. The molecule has 0 spiro atoms. The average molecular weight is 233 g/mol. The van der Waals surface area contributed by atoms with E-state index in [4.69, 9.17) is 5.73 Å². The summed E-state index contributed by atoms with van der Waals surface area (Å²) in [5.41, 5.74) is 7.68. The number of aromatic amines is 1. The van der Waals surface area contributed by atoms with Crippen molar-refractivity contribution in [3.05, 3.63) is 46.3 Å². The number of non-ortho nitro benzene ring substituents is 1. The van der Waals surface area contributed by atoms with Gasteiger partial charge in [-0.25, -0.2) is 0 Å². The van der Waals surface area contributed by atoms with Gasteiger partial charge in [0.1, 0.15) is 0 Å². The van der Waals surface area contributed by atoms with Gasteiger partial charge >= 0.3 is 0 Å². The van der Waals surface area contributed by atoms with Crippen molar-refractivity contribution in [2.75, 3.05) is 11.1 Å². The zero-order valence-electron chi connectivity index (χ0n) is 8.88. The van der Waals surface area contributed by atoms with Crippen molar-refractivity contribution in [3.63, 3.8) is 0 Å². The number of nitrogen functional groups attached to an aromatic ring is 1. The standard InChI is InChI=1S/C10H11N5O2/c11-9-3-8(15(16)17)1-2-10(9)12-4-7-5-13-14-6-7/h1-3,5-6,12H,4,11H2,(H,13,14). The first-order valence-corrected chi connectivity index (χ1v) is 4.92. The molecule has 1 aromatic heterocycles. The van der Waals surface area contributed by atoms with E-state index in [0.717, 1.165) is 5.56 Å². The summed E-state index contributed by atoms with van der Waals surface area (Å²) in [6.07, 6.45) is 3.45. The number of nitrogens with two attached hydrogens (primary N) is 1. The van der Waals surface area contributed by atoms with E-state index >= 15 is 0 Å². The van der Waals surface area contributed by atoms with Gasteiger partial charge in [-0.05, 0) is 6.07 Å². The molecule has 0 amide bonds. The molecule has 0 aliphatic carbocycles. The van der Waals surface area contributed by atoms with Gasteiger partial charge in [0.15, 0.2) is 0 Å². The molecule has 0 aliphatic rings. The van der Waals surface area contributed by atoms with Crippen LogP contribution in [0.15, 0.2) is 30.6 Å². The maximum absolute atomic E-state index is 10.5. The van der Waals surface area contributed by atoms with Gasteiger partial charge in [0.25, 0.3) is 5.69 Å². The van der Waals surface area contributed by atoms with Gasteiger partial charge in [-0.1, -0.05) is 0 Å². The lowest BCUT2D eigenvalue weighted by molar-refractivity contribution is -0.384. The van der Waals surface area contributed by atoms with Crippen LogP contribution in [0.2, 0.25) is 0 Å². The van der Waals surface area contributed by atoms with Crippen LogP contribution in [0.3, 0.4) is 0 Å². The molecule has 88 valence electrons. The lowest BCUT2D eigenvalue weighted by Crippen LogP contribution is -2.02. The Bertz CT molecular complexity index is 523. The maximum Gasteiger partial charge on any atom is 0.271 e. The van der Waals surface area contributed by atoms with Gasteiger partial charge in [0.2, 0.25) is 0 Å². The fourth-order valence-electron chi connectivity index (χ4n) is 1.40. The highest BCUT2D eigenvalue weighted by Gasteiger charge is 2.08. The number of nitro groups is 1. The number of rotatable bonds is 4. The van der Waals surface area contributed by atoms with E-state index in [0.29, 0.717) is 17.9 Å². The fraction of sp³-hybridized carbons (Fsp3) is 0.100. The molecular weight excluding hydrogens is 222 g/mol. The first-order valence-electron chi connectivity index (χ1n) is 4.92. The van der Waals surface area contributed by atoms with Crippen LogP contribution in [0.4, 0.5) is 17.1 Å². The molecule has 0 bridgehead atoms. The second kappa shape index (κ2) is 4.52. The van der Waals surface area contributed by atoms with Crippen LogP contribution in [0, 0.1) is 10.1 Å². The number of benzene rings is 1. The largest absolute Gasteiger partial charge is 0.397 e. The third-order valence-corrected chi connectivity index (χ3v) is 2.28. The molecule has 4 N–H and O–H groups in total. The van der Waals surface area contributed by atoms with E-state index in [9.17, 15) is 10.1 Å². The molecule has 0 saturated carbocycles. The van der Waals surface area contributed by atoms with Crippen LogP contribution in [0.25, 0.3) is 0 Å². The normalized spacial score (nSPS) is 10.1. The second-order valence-corrected chi connectivity index (χ2v) is 3.49. The van der Waals surface area contributed by atoms with Crippen LogP contribution in [0.1, 0.15) is 5.56 Å². The Balaban J connectivity index is 2.09. The van der Waals surface area contributed by atoms with Crippen LogP contribution >= 0.6 is 0 Å². The topological polar surface area (TPSA) is 110 Å². The minimum absolute atomic E-state index is 0.0173. The van der Waals surface area contributed by atoms with Crippen molar-refractivity contribution in [3.8, 4) is 0 Å². The lowest BCUT2D eigenvalue weighted by atomic mass is 10.2. The van der Waals surface area contributed by atoms with Gasteiger partial charge in [-0.2, -0.15) is 5.10 Å². The number of H-pyrrole nitrogens is 1. The van der Waals surface area contributed by atoms with Crippen molar-refractivity contribution in [2.45, 2.75) is 6.54 Å². The quantitative estimate of drug-likeness (QED) is 0.421. The minimum atomic E-state index is -0.476. The molecule has 7 nitrogen and oxygen atoms in total. The molecule has 0 atom stereocenters. The zero-order valence-corrected chi connectivity index (χ0v) is 8.88. The summed E-state index contributed by atoms with van der Waals surface area (Å²) in [7, 11) is 0. The van der Waals surface area contributed by atoms with Gasteiger partial charge in [0.05, 0.1) is 22.5 Å². The number of aromatic nitrogens is 2. The highest BCUT2D eigenvalue weighted by molar-refractivity contribution is 5.69. The predicted molar refractivity (Wildman–Crippen MR) is 63.4 cm³/mol. The van der Waals surface area contributed by atoms with Crippen LogP contribution in [-0.2, 0) is 6.54 Å². The van der Waals surface area contributed by atoms with Gasteiger partial charge in [0, 0.05) is 30.4 Å². The van der Waals surface area contributed by atoms with Crippen molar-refractivity contribution in [2.24, 2.45) is 0 Å². The number of anilines is 2. The number of nitro benzene ring substituents is 1. The number of hydrogen-bond donors (Lipinski definition) is 3. The fourth-order valence-corrected chi connectivity index (χ4v) is 1.40. The molecule has 0 aliphatic heterocycles. The zero-order chi connectivity index (χ0) is 12.3. The van der Waals surface area contributed by atoms with Gasteiger partial charge < -0.3 is 11.1 Å². The minimum Gasteiger partial charge on any atom is -0.397 e. The summed E-state index contributed by atoms with van der Waals surface area (Å²) in [4.78, 5) is 10.1. The summed E-state index contributed by atoms with van der Waals surface area (Å²) in [6, 6.07) is 4.33. The Morgan fingerprint density at radius 3 is 2.94 bits per heavy atom. The van der Waals surface area contributed by atoms with E-state index < -0.39 is 4.92 Å². The Morgan fingerprint density at radius 2 is 2.35 bits per heavy atom. The highest BCUT2D eigenvalue weighted by Crippen LogP contribution is 2.24. The van der Waals surface area contributed by atoms with Gasteiger partial charge in [-0.3, -0.25) is 15.2 Å². The van der Waals surface area contributed by atoms with E-state index in [1.54, 1.807) is 18.5 Å². The van der Waals surface area contributed by atoms with Gasteiger partial charge in [-0.15, -0.1) is 0 Å². The van der Waals surface area contributed by atoms with E-state index in [-0.39, 0.29) is 5.69 Å². The monoisotopic (exact) mass is 233 g/mol. The second-order valence-electron chi connectivity index (χ2n) is 3.49. The SMILES string of the molecule is Nc1cc([N+](=O)[O-])ccc1NCc1cn[nH]c1. The maximum atomic E-state index is 10.5. The summed E-state index contributed by atoms with van der Waals surface area (Å²) >= 11 is 0. The van der Waals surface area contributed by atoms with E-state index in [1.807, 2.05) is 0 Å². The smallest absolute Gasteiger partial charge is 0.271 e. The van der Waals surface area contributed by atoms with E-state index in [1.165, 1.54) is 12.1 Å². The highest BCUT2D eigenvalue weighted by atomic mass is 16.6. The molecule has 7 heteroatoms. The van der Waals surface area contributed by atoms with Crippen molar-refractivity contribution in [1.82, 2.24) is 10.2 Å². The molecule has 0 fully saturated rings. The third kappa shape index (κ3) is 2.51. The molecule has 17 heavy (non-hydrogen) atoms. The lowest BCUT2D eigenvalue weighted by Gasteiger charge is -2.07. The molecule has 2 aromatic rings. The number of nitrogens with zero attached hydrogens (tertiary/aromatic N) is 2. The molecule has 0 unspecified atom stereocenters. The number of hydrogen-bond acceptors (Lipinski definition) is 5. The first kappa shape index (κ1) is 10.9. The Hall–Kier alpha value is -2.57. The van der Waals surface area contributed by atoms with Crippen molar-refractivity contribution < 1.29 is 4.92 Å². The van der Waals surface area contributed by atoms with E-state index in [2.05, 4.69) is 15.5 Å². The Labute approximate surface area is 96.8 Å². The molecular formula is C10H11N5O2. The molecule has 0 radical (unpaired) electrons. The molecule has 1 aromatic carbocycles. The first-order chi connectivity index (χ1) is 8.16. The van der Waals surface area contributed by atoms with Crippen LogP contribution < -0.4 is 11.1 Å². The Morgan fingerprint density at radius 1 is 1.53 bits per heavy atom. The average Bonchev–Trinajstić information content (AvgIpc) is 2.80. The van der Waals surface area contributed by atoms with Crippen molar-refractivity contribution in [1.29, 1.82) is 0 Å². The summed E-state index contributed by atoms with van der Waals surface area (Å²) in [5, 5.41) is 20.1.